The van der Waals surface area contributed by atoms with Crippen molar-refractivity contribution in [3.63, 3.8) is 0 Å². The van der Waals surface area contributed by atoms with Gasteiger partial charge in [-0.15, -0.1) is 0 Å². The van der Waals surface area contributed by atoms with E-state index in [1.54, 1.807) is 43.6 Å². The van der Waals surface area contributed by atoms with Gasteiger partial charge in [0, 0.05) is 30.3 Å². The van der Waals surface area contributed by atoms with Gasteiger partial charge in [-0.05, 0) is 64.6 Å². The van der Waals surface area contributed by atoms with Gasteiger partial charge in [-0.2, -0.15) is 4.91 Å². The highest BCUT2D eigenvalue weighted by molar-refractivity contribution is 6.30. The third kappa shape index (κ3) is 5.42. The normalized spacial score (nSPS) is 12.6. The molecule has 0 bridgehead atoms. The van der Waals surface area contributed by atoms with E-state index < -0.39 is 23.7 Å². The Labute approximate surface area is 211 Å². The van der Waals surface area contributed by atoms with Gasteiger partial charge in [-0.25, -0.2) is 9.18 Å². The Hall–Kier alpha value is -4.10. The fourth-order valence-corrected chi connectivity index (χ4v) is 4.37. The van der Waals surface area contributed by atoms with Gasteiger partial charge in [0.2, 0.25) is 5.56 Å². The van der Waals surface area contributed by atoms with Gasteiger partial charge in [0.15, 0.2) is 0 Å². The van der Waals surface area contributed by atoms with Crippen LogP contribution in [0.25, 0.3) is 11.1 Å². The second kappa shape index (κ2) is 10.7. The van der Waals surface area contributed by atoms with Crippen LogP contribution in [0.1, 0.15) is 45.4 Å². The molecule has 0 fully saturated rings. The number of carbonyl (C=O) groups is 1. The minimum Gasteiger partial charge on any atom is -0.478 e. The van der Waals surface area contributed by atoms with Gasteiger partial charge >= 0.3 is 5.97 Å². The third-order valence-corrected chi connectivity index (χ3v) is 6.43. The molecule has 0 saturated heterocycles. The Morgan fingerprint density at radius 1 is 0.972 bits per heavy atom. The van der Waals surface area contributed by atoms with E-state index >= 15 is 4.39 Å². The Morgan fingerprint density at radius 3 is 2.14 bits per heavy atom. The molecule has 3 aromatic carbocycles. The van der Waals surface area contributed by atoms with Gasteiger partial charge in [-0.1, -0.05) is 59.2 Å². The lowest BCUT2D eigenvalue weighted by Gasteiger charge is -2.22. The van der Waals surface area contributed by atoms with Crippen LogP contribution in [0.4, 0.5) is 4.39 Å². The lowest BCUT2D eigenvalue weighted by atomic mass is 9.84. The number of carboxylic acids is 1. The van der Waals surface area contributed by atoms with E-state index in [-0.39, 0.29) is 22.6 Å². The number of nitroso groups, excluding NO2 is 1. The van der Waals surface area contributed by atoms with Crippen LogP contribution in [0.2, 0.25) is 5.02 Å². The van der Waals surface area contributed by atoms with Crippen molar-refractivity contribution in [3.05, 3.63) is 133 Å². The lowest BCUT2D eigenvalue weighted by molar-refractivity contribution is 0.0697. The predicted octanol–water partition coefficient (Wildman–Crippen LogP) is 6.57. The summed E-state index contributed by atoms with van der Waals surface area (Å²) in [5, 5.41) is 12.7. The van der Waals surface area contributed by atoms with Crippen LogP contribution < -0.4 is 5.56 Å². The highest BCUT2D eigenvalue weighted by Crippen LogP contribution is 2.38. The second-order valence-electron chi connectivity index (χ2n) is 8.49. The number of nitrogens with zero attached hydrogens (tertiary/aromatic N) is 2. The number of aromatic carboxylic acids is 1. The number of hydrogen-bond acceptors (Lipinski definition) is 4. The molecule has 0 radical (unpaired) electrons. The number of pyridine rings is 1. The first-order chi connectivity index (χ1) is 17.3. The monoisotopic (exact) mass is 504 g/mol. The fraction of sp³-hybridized carbons (Fsp3) is 0.143. The standard InChI is InChI=1S/C28H22ClFN2O4/c1-32-16-21(10-13-27(32)33)26(31-36)15-24(23-12-11-22(29)14-25(23)30)19-6-2-17(3-7-19)18-4-8-20(9-5-18)28(34)35/h2-14,16,24,26H,15H2,1H3,(H,34,35). The fourth-order valence-electron chi connectivity index (χ4n) is 4.22. The van der Waals surface area contributed by atoms with E-state index in [1.165, 1.54) is 28.8 Å². The van der Waals surface area contributed by atoms with Crippen LogP contribution in [0.5, 0.6) is 0 Å². The lowest BCUT2D eigenvalue weighted by Crippen LogP contribution is -2.16. The molecular formula is C28H22ClFN2O4. The molecule has 2 atom stereocenters. The van der Waals surface area contributed by atoms with Crippen molar-refractivity contribution in [2.75, 3.05) is 0 Å². The van der Waals surface area contributed by atoms with Crippen LogP contribution in [0, 0.1) is 10.7 Å². The van der Waals surface area contributed by atoms with Crippen molar-refractivity contribution < 1.29 is 14.3 Å². The Bertz CT molecular complexity index is 1470. The zero-order chi connectivity index (χ0) is 25.8. The van der Waals surface area contributed by atoms with Crippen LogP contribution in [-0.2, 0) is 7.05 Å². The first kappa shape index (κ1) is 25.0. The molecule has 1 heterocycles. The minimum absolute atomic E-state index is 0.174. The van der Waals surface area contributed by atoms with Crippen molar-refractivity contribution >= 4 is 17.6 Å². The summed E-state index contributed by atoms with van der Waals surface area (Å²) < 4.78 is 16.4. The molecule has 2 unspecified atom stereocenters. The molecule has 0 spiro atoms. The van der Waals surface area contributed by atoms with Crippen molar-refractivity contribution in [2.24, 2.45) is 12.2 Å². The maximum absolute atomic E-state index is 15.0. The first-order valence-electron chi connectivity index (χ1n) is 11.1. The van der Waals surface area contributed by atoms with E-state index in [1.807, 2.05) is 24.3 Å². The maximum Gasteiger partial charge on any atom is 0.335 e. The first-order valence-corrected chi connectivity index (χ1v) is 11.5. The summed E-state index contributed by atoms with van der Waals surface area (Å²) in [6.07, 6.45) is 1.74. The summed E-state index contributed by atoms with van der Waals surface area (Å²) in [6, 6.07) is 20.5. The summed E-state index contributed by atoms with van der Waals surface area (Å²) in [5.74, 6) is -2.02. The molecule has 182 valence electrons. The molecular weight excluding hydrogens is 483 g/mol. The molecule has 8 heteroatoms. The average Bonchev–Trinajstić information content (AvgIpc) is 2.87. The number of benzene rings is 3. The number of halogens is 2. The smallest absolute Gasteiger partial charge is 0.335 e. The molecule has 4 aromatic rings. The predicted molar refractivity (Wildman–Crippen MR) is 137 cm³/mol. The maximum atomic E-state index is 15.0. The topological polar surface area (TPSA) is 88.7 Å². The van der Waals surface area contributed by atoms with Crippen molar-refractivity contribution in [3.8, 4) is 11.1 Å². The molecule has 0 aliphatic carbocycles. The largest absolute Gasteiger partial charge is 0.478 e. The zero-order valence-electron chi connectivity index (χ0n) is 19.3. The van der Waals surface area contributed by atoms with Gasteiger partial charge in [-0.3, -0.25) is 4.79 Å². The molecule has 0 amide bonds. The number of aromatic nitrogens is 1. The summed E-state index contributed by atoms with van der Waals surface area (Å²) in [4.78, 5) is 34.8. The molecule has 1 N–H and O–H groups in total. The average molecular weight is 505 g/mol. The molecule has 0 aliphatic heterocycles. The van der Waals surface area contributed by atoms with Gasteiger partial charge in [0.25, 0.3) is 0 Å². The van der Waals surface area contributed by atoms with E-state index in [9.17, 15) is 14.5 Å². The summed E-state index contributed by atoms with van der Waals surface area (Å²) in [5.41, 5.74) is 3.36. The molecule has 0 saturated carbocycles. The summed E-state index contributed by atoms with van der Waals surface area (Å²) in [6.45, 7) is 0. The number of rotatable bonds is 8. The summed E-state index contributed by atoms with van der Waals surface area (Å²) in [7, 11) is 1.59. The highest BCUT2D eigenvalue weighted by atomic mass is 35.5. The second-order valence-corrected chi connectivity index (χ2v) is 8.93. The molecule has 36 heavy (non-hydrogen) atoms. The van der Waals surface area contributed by atoms with E-state index in [4.69, 9.17) is 16.7 Å². The number of aryl methyl sites for hydroxylation is 1. The highest BCUT2D eigenvalue weighted by Gasteiger charge is 2.25. The van der Waals surface area contributed by atoms with E-state index in [2.05, 4.69) is 5.18 Å². The van der Waals surface area contributed by atoms with Crippen LogP contribution >= 0.6 is 11.6 Å². The Kier molecular flexibility index (Phi) is 7.41. The zero-order valence-corrected chi connectivity index (χ0v) is 20.0. The van der Waals surface area contributed by atoms with Gasteiger partial charge < -0.3 is 9.67 Å². The third-order valence-electron chi connectivity index (χ3n) is 6.20. The van der Waals surface area contributed by atoms with E-state index in [0.29, 0.717) is 11.1 Å². The number of carboxylic acid groups (broad SMARTS) is 1. The number of hydrogen-bond donors (Lipinski definition) is 1. The Balaban J connectivity index is 1.71. The molecule has 1 aromatic heterocycles. The van der Waals surface area contributed by atoms with E-state index in [0.717, 1.165) is 16.7 Å². The molecule has 0 aliphatic rings. The van der Waals surface area contributed by atoms with Crippen molar-refractivity contribution in [1.82, 2.24) is 4.57 Å². The Morgan fingerprint density at radius 2 is 1.58 bits per heavy atom. The SMILES string of the molecule is Cn1cc(C(CC(c2ccc(-c3ccc(C(=O)O)cc3)cc2)c2ccc(Cl)cc2F)N=O)ccc1=O. The van der Waals surface area contributed by atoms with Gasteiger partial charge in [0.1, 0.15) is 11.9 Å². The van der Waals surface area contributed by atoms with Crippen LogP contribution in [-0.4, -0.2) is 15.6 Å². The van der Waals surface area contributed by atoms with Crippen molar-refractivity contribution in [1.29, 1.82) is 0 Å². The quantitative estimate of drug-likeness (QED) is 0.275. The molecule has 6 nitrogen and oxygen atoms in total. The minimum atomic E-state index is -0.999. The van der Waals surface area contributed by atoms with Crippen LogP contribution in [0.3, 0.4) is 0 Å². The summed E-state index contributed by atoms with van der Waals surface area (Å²) >= 11 is 5.97. The van der Waals surface area contributed by atoms with Crippen molar-refractivity contribution in [2.45, 2.75) is 18.4 Å². The van der Waals surface area contributed by atoms with Crippen LogP contribution in [0.15, 0.2) is 95.0 Å². The molecule has 4 rings (SSSR count). The van der Waals surface area contributed by atoms with Gasteiger partial charge in [0.05, 0.1) is 5.56 Å².